The first-order valence-electron chi connectivity index (χ1n) is 9.36. The average Bonchev–Trinajstić information content (AvgIpc) is 3.03. The Labute approximate surface area is 181 Å². The Hall–Kier alpha value is -3.38. The molecule has 158 valence electrons. The molecular formula is C21H16ClF3N6. The van der Waals surface area contributed by atoms with E-state index in [2.05, 4.69) is 21.7 Å². The van der Waals surface area contributed by atoms with Crippen molar-refractivity contribution in [2.45, 2.75) is 19.5 Å². The van der Waals surface area contributed by atoms with Crippen molar-refractivity contribution in [3.8, 4) is 6.07 Å². The third kappa shape index (κ3) is 3.64. The van der Waals surface area contributed by atoms with Crippen LogP contribution in [0.4, 0.5) is 19.0 Å². The molecule has 1 aliphatic carbocycles. The number of nitriles is 1. The highest BCUT2D eigenvalue weighted by molar-refractivity contribution is 6.35. The molecule has 0 saturated carbocycles. The van der Waals surface area contributed by atoms with Crippen LogP contribution in [-0.2, 0) is 6.18 Å². The average molecular weight is 445 g/mol. The van der Waals surface area contributed by atoms with Crippen molar-refractivity contribution in [1.82, 2.24) is 14.6 Å². The summed E-state index contributed by atoms with van der Waals surface area (Å²) < 4.78 is 41.7. The van der Waals surface area contributed by atoms with Gasteiger partial charge < -0.3 is 4.90 Å². The van der Waals surface area contributed by atoms with Gasteiger partial charge in [-0.2, -0.15) is 28.0 Å². The minimum Gasteiger partial charge on any atom is -0.356 e. The monoisotopic (exact) mass is 444 g/mol. The van der Waals surface area contributed by atoms with E-state index in [9.17, 15) is 18.4 Å². The molecule has 1 saturated heterocycles. The summed E-state index contributed by atoms with van der Waals surface area (Å²) in [6.07, 6.45) is 4.44. The Balaban J connectivity index is 2.02. The number of allylic oxidation sites excluding steroid dienone is 5. The molecule has 0 amide bonds. The predicted octanol–water partition coefficient (Wildman–Crippen LogP) is 4.80. The Morgan fingerprint density at radius 3 is 2.65 bits per heavy atom. The second-order valence-electron chi connectivity index (χ2n) is 7.00. The Bertz CT molecular complexity index is 1250. The van der Waals surface area contributed by atoms with Crippen molar-refractivity contribution in [2.75, 3.05) is 18.0 Å². The van der Waals surface area contributed by atoms with Crippen LogP contribution in [0.25, 0.3) is 11.7 Å². The fourth-order valence-corrected chi connectivity index (χ4v) is 3.63. The van der Waals surface area contributed by atoms with Gasteiger partial charge in [-0.3, -0.25) is 4.99 Å². The molecule has 3 heterocycles. The number of anilines is 1. The highest BCUT2D eigenvalue weighted by atomic mass is 35.5. The van der Waals surface area contributed by atoms with Crippen molar-refractivity contribution in [3.05, 3.63) is 64.1 Å². The molecule has 0 unspecified atom stereocenters. The molecule has 0 aromatic carbocycles. The minimum atomic E-state index is -4.77. The van der Waals surface area contributed by atoms with Crippen LogP contribution in [-0.4, -0.2) is 33.4 Å². The number of aliphatic imine (C=N–C) groups is 1. The maximum Gasteiger partial charge on any atom is 0.436 e. The number of hydrogen-bond acceptors (Lipinski definition) is 5. The van der Waals surface area contributed by atoms with E-state index in [0.717, 1.165) is 10.9 Å². The van der Waals surface area contributed by atoms with Gasteiger partial charge in [-0.1, -0.05) is 24.3 Å². The van der Waals surface area contributed by atoms with Crippen LogP contribution in [0.15, 0.2) is 46.6 Å². The summed E-state index contributed by atoms with van der Waals surface area (Å²) in [7, 11) is 0. The summed E-state index contributed by atoms with van der Waals surface area (Å²) in [4.78, 5) is 10.5. The number of alkyl halides is 3. The molecule has 0 atom stereocenters. The molecule has 4 rings (SSSR count). The maximum atomic E-state index is 13.5. The summed E-state index contributed by atoms with van der Waals surface area (Å²) in [6, 6.07) is 1.62. The molecule has 2 aromatic heterocycles. The SMILES string of the molecule is C=CN=C1C=C(Cl)C=C/C1=C\c1c(C)nc2c(C#N)c(C(F)(F)F)nn2c1N1CCC1. The van der Waals surface area contributed by atoms with Gasteiger partial charge in [0.15, 0.2) is 11.3 Å². The van der Waals surface area contributed by atoms with E-state index in [4.69, 9.17) is 11.6 Å². The lowest BCUT2D eigenvalue weighted by Crippen LogP contribution is -2.39. The van der Waals surface area contributed by atoms with Gasteiger partial charge in [-0.05, 0) is 31.6 Å². The van der Waals surface area contributed by atoms with Crippen LogP contribution in [0.3, 0.4) is 0 Å². The lowest BCUT2D eigenvalue weighted by atomic mass is 10.0. The zero-order valence-electron chi connectivity index (χ0n) is 16.4. The largest absolute Gasteiger partial charge is 0.436 e. The van der Waals surface area contributed by atoms with Gasteiger partial charge in [0.05, 0.1) is 11.4 Å². The standard InChI is InChI=1S/C21H16ClF3N6/c1-3-27-17-10-14(22)6-5-13(17)9-15-12(2)28-19-16(11-26)18(21(23,24)25)29-31(19)20(15)30-7-4-8-30/h3,5-6,9-10H,1,4,7-8H2,2H3/b13-9+,27-17?. The first-order valence-corrected chi connectivity index (χ1v) is 9.74. The first-order chi connectivity index (χ1) is 14.7. The van der Waals surface area contributed by atoms with Crippen LogP contribution >= 0.6 is 11.6 Å². The lowest BCUT2D eigenvalue weighted by Gasteiger charge is -2.34. The van der Waals surface area contributed by atoms with Crippen molar-refractivity contribution >= 4 is 34.9 Å². The number of fused-ring (bicyclic) bond motifs is 1. The predicted molar refractivity (Wildman–Crippen MR) is 113 cm³/mol. The third-order valence-corrected chi connectivity index (χ3v) is 5.26. The Kier molecular flexibility index (Phi) is 5.19. The second kappa shape index (κ2) is 7.71. The van der Waals surface area contributed by atoms with E-state index < -0.39 is 17.4 Å². The number of nitrogens with zero attached hydrogens (tertiary/aromatic N) is 6. The molecule has 1 aliphatic heterocycles. The van der Waals surface area contributed by atoms with Crippen LogP contribution in [0.1, 0.15) is 28.9 Å². The van der Waals surface area contributed by atoms with E-state index in [0.29, 0.717) is 46.5 Å². The fourth-order valence-electron chi connectivity index (χ4n) is 3.46. The summed E-state index contributed by atoms with van der Waals surface area (Å²) in [5, 5.41) is 13.6. The summed E-state index contributed by atoms with van der Waals surface area (Å²) >= 11 is 6.08. The van der Waals surface area contributed by atoms with Crippen LogP contribution in [0.2, 0.25) is 0 Å². The Morgan fingerprint density at radius 2 is 2.06 bits per heavy atom. The summed E-state index contributed by atoms with van der Waals surface area (Å²) in [5.74, 6) is 0.459. The molecule has 0 radical (unpaired) electrons. The zero-order chi connectivity index (χ0) is 22.3. The topological polar surface area (TPSA) is 69.6 Å². The molecular weight excluding hydrogens is 429 g/mol. The fraction of sp³-hybridized carbons (Fsp3) is 0.238. The zero-order valence-corrected chi connectivity index (χ0v) is 17.2. The summed E-state index contributed by atoms with van der Waals surface area (Å²) in [6.45, 7) is 6.62. The van der Waals surface area contributed by atoms with Crippen molar-refractivity contribution in [3.63, 3.8) is 0 Å². The van der Waals surface area contributed by atoms with Gasteiger partial charge in [0.25, 0.3) is 0 Å². The Morgan fingerprint density at radius 1 is 1.32 bits per heavy atom. The summed E-state index contributed by atoms with van der Waals surface area (Å²) in [5.41, 5.74) is 0.380. The third-order valence-electron chi connectivity index (χ3n) is 5.02. The van der Waals surface area contributed by atoms with Gasteiger partial charge in [0.2, 0.25) is 0 Å². The molecule has 1 fully saturated rings. The molecule has 0 bridgehead atoms. The minimum absolute atomic E-state index is 0.113. The quantitative estimate of drug-likeness (QED) is 0.682. The molecule has 2 aliphatic rings. The second-order valence-corrected chi connectivity index (χ2v) is 7.44. The molecule has 2 aromatic rings. The normalized spacial score (nSPS) is 19.0. The van der Waals surface area contributed by atoms with E-state index in [1.54, 1.807) is 37.3 Å². The van der Waals surface area contributed by atoms with Gasteiger partial charge in [-0.25, -0.2) is 4.98 Å². The van der Waals surface area contributed by atoms with Crippen LogP contribution in [0, 0.1) is 18.3 Å². The van der Waals surface area contributed by atoms with Gasteiger partial charge >= 0.3 is 6.18 Å². The number of hydrogen-bond donors (Lipinski definition) is 0. The highest BCUT2D eigenvalue weighted by Crippen LogP contribution is 2.36. The van der Waals surface area contributed by atoms with E-state index in [1.165, 1.54) is 6.20 Å². The maximum absolute atomic E-state index is 13.5. The molecule has 0 spiro atoms. The smallest absolute Gasteiger partial charge is 0.356 e. The first kappa shape index (κ1) is 20.9. The van der Waals surface area contributed by atoms with Crippen LogP contribution < -0.4 is 4.90 Å². The molecule has 10 heteroatoms. The van der Waals surface area contributed by atoms with E-state index in [1.807, 2.05) is 4.90 Å². The van der Waals surface area contributed by atoms with Crippen molar-refractivity contribution in [1.29, 1.82) is 5.26 Å². The van der Waals surface area contributed by atoms with Gasteiger partial charge in [0.1, 0.15) is 17.5 Å². The number of aryl methyl sites for hydroxylation is 1. The molecule has 31 heavy (non-hydrogen) atoms. The lowest BCUT2D eigenvalue weighted by molar-refractivity contribution is -0.141. The van der Waals surface area contributed by atoms with Crippen LogP contribution in [0.5, 0.6) is 0 Å². The number of aromatic nitrogens is 3. The number of halogens is 4. The van der Waals surface area contributed by atoms with Gasteiger partial charge in [0, 0.05) is 35.5 Å². The van der Waals surface area contributed by atoms with Gasteiger partial charge in [-0.15, -0.1) is 0 Å². The van der Waals surface area contributed by atoms with Crippen molar-refractivity contribution < 1.29 is 13.2 Å². The van der Waals surface area contributed by atoms with E-state index >= 15 is 0 Å². The number of rotatable bonds is 3. The van der Waals surface area contributed by atoms with Crippen molar-refractivity contribution in [2.24, 2.45) is 4.99 Å². The molecule has 0 N–H and O–H groups in total. The highest BCUT2D eigenvalue weighted by Gasteiger charge is 2.40. The van der Waals surface area contributed by atoms with E-state index in [-0.39, 0.29) is 5.65 Å². The molecule has 6 nitrogen and oxygen atoms in total.